The zero-order valence-electron chi connectivity index (χ0n) is 58.4. The summed E-state index contributed by atoms with van der Waals surface area (Å²) in [6.45, 7) is -0.231. The van der Waals surface area contributed by atoms with Crippen molar-refractivity contribution in [2.75, 3.05) is 168 Å². The predicted molar refractivity (Wildman–Crippen MR) is 330 cm³/mol. The monoisotopic (exact) mass is 1400 g/mol. The number of benzene rings is 1. The van der Waals surface area contributed by atoms with E-state index < -0.39 is 190 Å². The van der Waals surface area contributed by atoms with Crippen LogP contribution >= 0.6 is 0 Å². The molecular formula is C63H101N3O31. The highest BCUT2D eigenvalue weighted by Crippen LogP contribution is 2.41. The lowest BCUT2D eigenvalue weighted by Crippen LogP contribution is -2.69. The summed E-state index contributed by atoms with van der Waals surface area (Å²) in [6, 6.07) is 6.49. The number of carbonyl (C=O) groups excluding carboxylic acids is 1. The van der Waals surface area contributed by atoms with Crippen LogP contribution in [0.4, 0.5) is 0 Å². The highest BCUT2D eigenvalue weighted by atomic mass is 16.8. The van der Waals surface area contributed by atoms with Gasteiger partial charge in [-0.3, -0.25) is 0 Å². The maximum absolute atomic E-state index is 13.7. The Labute approximate surface area is 566 Å². The molecule has 6 aliphatic rings. The van der Waals surface area contributed by atoms with Crippen molar-refractivity contribution in [3.63, 3.8) is 0 Å². The Balaban J connectivity index is 1.10. The summed E-state index contributed by atoms with van der Waals surface area (Å²) in [7, 11) is 26.6. The third kappa shape index (κ3) is 18.6. The van der Waals surface area contributed by atoms with Gasteiger partial charge in [-0.25, -0.2) is 4.79 Å². The zero-order valence-corrected chi connectivity index (χ0v) is 58.4. The number of hydrogen-bond donors (Lipinski definition) is 0. The molecule has 6 aliphatic heterocycles. The Morgan fingerprint density at radius 1 is 0.381 bits per heavy atom. The minimum absolute atomic E-state index is 0.0145. The van der Waals surface area contributed by atoms with E-state index in [2.05, 4.69) is 15.9 Å². The quantitative estimate of drug-likeness (QED) is 0.0293. The molecule has 0 radical (unpaired) electrons. The van der Waals surface area contributed by atoms with Crippen LogP contribution in [0.2, 0.25) is 0 Å². The molecule has 0 aliphatic carbocycles. The highest BCUT2D eigenvalue weighted by Gasteiger charge is 2.60. The van der Waals surface area contributed by atoms with E-state index in [0.717, 1.165) is 0 Å². The number of ether oxygens (including phenoxy) is 30. The molecule has 0 N–H and O–H groups in total. The number of azide groups is 1. The average Bonchev–Trinajstić information content (AvgIpc) is 0.770. The second kappa shape index (κ2) is 40.3. The zero-order chi connectivity index (χ0) is 70.5. The number of methoxy groups -OCH3 is 18. The number of hydrogen-bond acceptors (Lipinski definition) is 32. The van der Waals surface area contributed by atoms with Gasteiger partial charge in [0.1, 0.15) is 140 Å². The van der Waals surface area contributed by atoms with Crippen molar-refractivity contribution in [1.82, 2.24) is 0 Å². The topological polar surface area (TPSA) is 343 Å². The molecule has 34 nitrogen and oxygen atoms in total. The summed E-state index contributed by atoms with van der Waals surface area (Å²) < 4.78 is 188. The van der Waals surface area contributed by atoms with Crippen molar-refractivity contribution in [3.8, 4) is 12.3 Å². The van der Waals surface area contributed by atoms with Crippen molar-refractivity contribution >= 4 is 5.97 Å². The molecule has 97 heavy (non-hydrogen) atoms. The summed E-state index contributed by atoms with van der Waals surface area (Å²) in [6.07, 6.45) is -24.7. The Hall–Kier alpha value is -3.60. The molecule has 0 amide bonds. The van der Waals surface area contributed by atoms with Crippen molar-refractivity contribution in [2.45, 2.75) is 184 Å². The molecule has 30 atom stereocenters. The molecule has 554 valence electrons. The van der Waals surface area contributed by atoms with E-state index in [4.69, 9.17) is 149 Å². The normalized spacial score (nSPS) is 40.2. The summed E-state index contributed by atoms with van der Waals surface area (Å²) >= 11 is 0. The first kappa shape index (κ1) is 80.7. The molecule has 6 saturated heterocycles. The van der Waals surface area contributed by atoms with E-state index in [0.29, 0.717) is 5.56 Å². The largest absolute Gasteiger partial charge is 0.453 e. The number of carbonyl (C=O) groups is 1. The van der Waals surface area contributed by atoms with E-state index in [1.165, 1.54) is 128 Å². The lowest BCUT2D eigenvalue weighted by molar-refractivity contribution is -0.401. The first-order valence-electron chi connectivity index (χ1n) is 31.5. The third-order valence-corrected chi connectivity index (χ3v) is 17.9. The first-order chi connectivity index (χ1) is 47.1. The van der Waals surface area contributed by atoms with Gasteiger partial charge in [-0.15, -0.1) is 6.42 Å². The number of rotatable bonds is 37. The van der Waals surface area contributed by atoms with Crippen LogP contribution in [-0.2, 0) is 142 Å². The Kier molecular flexibility index (Phi) is 33.5. The van der Waals surface area contributed by atoms with Crippen LogP contribution in [0.5, 0.6) is 0 Å². The smallest absolute Gasteiger partial charge is 0.338 e. The van der Waals surface area contributed by atoms with Crippen LogP contribution in [0.1, 0.15) is 15.9 Å². The first-order valence-corrected chi connectivity index (χ1v) is 31.5. The van der Waals surface area contributed by atoms with Crippen LogP contribution in [0.3, 0.4) is 0 Å². The van der Waals surface area contributed by atoms with Crippen molar-refractivity contribution < 1.29 is 147 Å². The molecule has 0 bridgehead atoms. The van der Waals surface area contributed by atoms with Crippen molar-refractivity contribution in [3.05, 3.63) is 45.8 Å². The fraction of sp³-hybridized carbons (Fsp3) is 0.857. The van der Waals surface area contributed by atoms with E-state index in [-0.39, 0.29) is 45.2 Å². The molecule has 1 aromatic carbocycles. The van der Waals surface area contributed by atoms with Gasteiger partial charge in [0.15, 0.2) is 43.8 Å². The van der Waals surface area contributed by atoms with E-state index >= 15 is 0 Å². The molecule has 6 fully saturated rings. The molecular weight excluding hydrogens is 1290 g/mol. The lowest BCUT2D eigenvalue weighted by atomic mass is 9.94. The van der Waals surface area contributed by atoms with Gasteiger partial charge in [0.05, 0.1) is 45.2 Å². The van der Waals surface area contributed by atoms with Gasteiger partial charge in [0, 0.05) is 138 Å². The summed E-state index contributed by atoms with van der Waals surface area (Å²) in [5.74, 6) is 1.86. The van der Waals surface area contributed by atoms with Crippen molar-refractivity contribution in [2.24, 2.45) is 5.11 Å². The second-order valence-corrected chi connectivity index (χ2v) is 23.2. The maximum atomic E-state index is 13.7. The minimum atomic E-state index is -1.24. The van der Waals surface area contributed by atoms with Crippen LogP contribution in [0.25, 0.3) is 10.4 Å². The van der Waals surface area contributed by atoms with Gasteiger partial charge in [-0.1, -0.05) is 17.1 Å². The molecule has 6 heterocycles. The van der Waals surface area contributed by atoms with E-state index in [9.17, 15) is 10.3 Å². The SMILES string of the molecule is C#Cc1cccc(C(=O)O[C@H]2[C@H](OC)[C@@H](OC)[C@@H](O[C@H]3[C@H](OC)[C@@H](OC)[C@@H](O[C@H]4[C@H](OC)[C@@H](OC)[C@@H](O[C@H]5[C@H](OC)[C@@H](OC)[C@@H](O[C@H]6[C@H](OC)[C@@H](OC)[C@@H](O[C@H]7[C@H](OC)[C@@H](OC)[C@H](N=[N+]=[N-])O[C@@H]7COC)O[C@@H]6COC)O[C@@H]5COC)O[C@@H]4COC)O[C@@H]3COC)O[C@@H]2COC)c1. The van der Waals surface area contributed by atoms with Gasteiger partial charge < -0.3 is 142 Å². The fourth-order valence-corrected chi connectivity index (χ4v) is 13.5. The Bertz CT molecular complexity index is 2550. The molecule has 0 aromatic heterocycles. The molecule has 1 aromatic rings. The standard InChI is InChI=1S/C63H101N3O31/c1-20-31-22-21-23-32(24-31)58(67)92-39-34(26-69-3)87-59(52(81-15)46(39)75-9)94-41-36(28-71-5)89-61(54(83-17)48(41)77-11)96-43-38(30-73-7)91-63(56(85-19)50(43)79-13)97-44-37(29-72-6)90-62(55(84-18)49(44)78-12)95-42-35(27-70-4)88-60(53(82-16)47(42)76-10)93-40-33(25-68-2)86-57(65-66-64)51(80-14)45(40)74-8/h1,21-24,33-57,59-63H,25-30H2,2-19H3/t33-,34-,35-,36-,37-,38-,39-,40-,41-,42-,43-,44-,45+,46+,47+,48+,49+,50+,51-,52-,53-,54-,55-,56-,57-,59-,60-,61-,62-,63-/m1/s1. The van der Waals surface area contributed by atoms with Gasteiger partial charge >= 0.3 is 5.97 Å². The molecule has 0 unspecified atom stereocenters. The number of nitrogens with zero attached hydrogens (tertiary/aromatic N) is 3. The maximum Gasteiger partial charge on any atom is 0.338 e. The molecule has 0 spiro atoms. The fourth-order valence-electron chi connectivity index (χ4n) is 13.5. The number of esters is 1. The van der Waals surface area contributed by atoms with Gasteiger partial charge in [0.25, 0.3) is 0 Å². The predicted octanol–water partition coefficient (Wildman–Crippen LogP) is 0.837. The van der Waals surface area contributed by atoms with Crippen LogP contribution in [-0.4, -0.2) is 358 Å². The van der Waals surface area contributed by atoms with Gasteiger partial charge in [-0.05, 0) is 23.7 Å². The summed E-state index contributed by atoms with van der Waals surface area (Å²) in [4.78, 5) is 16.6. The molecule has 7 rings (SSSR count). The van der Waals surface area contributed by atoms with Gasteiger partial charge in [-0.2, -0.15) is 0 Å². The summed E-state index contributed by atoms with van der Waals surface area (Å²) in [5.41, 5.74) is 10.1. The third-order valence-electron chi connectivity index (χ3n) is 17.9. The average molecular weight is 1400 g/mol. The van der Waals surface area contributed by atoms with Crippen molar-refractivity contribution in [1.29, 1.82) is 0 Å². The molecule has 34 heteroatoms. The summed E-state index contributed by atoms with van der Waals surface area (Å²) in [5, 5.41) is 3.80. The van der Waals surface area contributed by atoms with Crippen LogP contribution in [0.15, 0.2) is 29.4 Å². The highest BCUT2D eigenvalue weighted by molar-refractivity contribution is 5.90. The van der Waals surface area contributed by atoms with Crippen LogP contribution < -0.4 is 0 Å². The number of terminal acetylenes is 1. The Morgan fingerprint density at radius 2 is 0.639 bits per heavy atom. The van der Waals surface area contributed by atoms with E-state index in [1.54, 1.807) is 24.3 Å². The van der Waals surface area contributed by atoms with E-state index in [1.807, 2.05) is 0 Å². The minimum Gasteiger partial charge on any atom is -0.453 e. The lowest BCUT2D eigenvalue weighted by Gasteiger charge is -2.52. The Morgan fingerprint density at radius 3 is 0.897 bits per heavy atom. The second-order valence-electron chi connectivity index (χ2n) is 23.2. The van der Waals surface area contributed by atoms with Crippen LogP contribution in [0, 0.1) is 12.3 Å². The molecule has 0 saturated carbocycles. The van der Waals surface area contributed by atoms with Gasteiger partial charge in [0.2, 0.25) is 0 Å².